The predicted molar refractivity (Wildman–Crippen MR) is 83.1 cm³/mol. The lowest BCUT2D eigenvalue weighted by molar-refractivity contribution is -0.133. The van der Waals surface area contributed by atoms with Crippen LogP contribution in [0.1, 0.15) is 45.0 Å². The Morgan fingerprint density at radius 2 is 1.75 bits per heavy atom. The van der Waals surface area contributed by atoms with Crippen molar-refractivity contribution in [3.63, 3.8) is 0 Å². The highest BCUT2D eigenvalue weighted by molar-refractivity contribution is 8.14. The molecule has 0 atom stereocenters. The Morgan fingerprint density at radius 3 is 2.25 bits per heavy atom. The van der Waals surface area contributed by atoms with E-state index in [0.29, 0.717) is 11.3 Å². The van der Waals surface area contributed by atoms with Crippen LogP contribution in [0.5, 0.6) is 5.75 Å². The van der Waals surface area contributed by atoms with Crippen LogP contribution in [0.15, 0.2) is 24.3 Å². The number of carbonyl (C=O) groups excluding carboxylic acids is 2. The number of benzene rings is 1. The predicted octanol–water partition coefficient (Wildman–Crippen LogP) is 3.91. The Labute approximate surface area is 124 Å². The van der Waals surface area contributed by atoms with Crippen LogP contribution in [0, 0.1) is 10.8 Å². The molecule has 0 aliphatic heterocycles. The van der Waals surface area contributed by atoms with Crippen molar-refractivity contribution in [1.29, 1.82) is 0 Å². The Hall–Kier alpha value is -1.29. The zero-order chi connectivity index (χ0) is 15.6. The van der Waals surface area contributed by atoms with Gasteiger partial charge in [0.15, 0.2) is 0 Å². The first kappa shape index (κ1) is 16.8. The van der Waals surface area contributed by atoms with E-state index in [4.69, 9.17) is 0 Å². The molecule has 0 aliphatic rings. The van der Waals surface area contributed by atoms with Crippen molar-refractivity contribution >= 4 is 22.7 Å². The number of phenols is 1. The third-order valence-corrected chi connectivity index (χ3v) is 4.31. The van der Waals surface area contributed by atoms with Gasteiger partial charge in [-0.15, -0.1) is 0 Å². The van der Waals surface area contributed by atoms with Gasteiger partial charge < -0.3 is 5.11 Å². The molecule has 0 saturated heterocycles. The molecule has 1 rings (SSSR count). The molecular weight excluding hydrogens is 272 g/mol. The van der Waals surface area contributed by atoms with Crippen molar-refractivity contribution in [3.05, 3.63) is 29.8 Å². The SMILES string of the molecule is CC(C)(C)C(=O)C(C)(C)CSC(=O)c1cccc(O)c1. The minimum atomic E-state index is -0.560. The average Bonchev–Trinajstić information content (AvgIpc) is 2.34. The Bertz CT molecular complexity index is 513. The zero-order valence-electron chi connectivity index (χ0n) is 12.7. The van der Waals surface area contributed by atoms with E-state index in [1.54, 1.807) is 12.1 Å². The number of aromatic hydroxyl groups is 1. The summed E-state index contributed by atoms with van der Waals surface area (Å²) in [5, 5.41) is 9.24. The van der Waals surface area contributed by atoms with Gasteiger partial charge >= 0.3 is 0 Å². The van der Waals surface area contributed by atoms with Crippen molar-refractivity contribution in [3.8, 4) is 5.75 Å². The number of rotatable bonds is 4. The summed E-state index contributed by atoms with van der Waals surface area (Å²) in [7, 11) is 0. The van der Waals surface area contributed by atoms with Gasteiger partial charge in [-0.1, -0.05) is 58.5 Å². The van der Waals surface area contributed by atoms with Crippen LogP contribution in [0.3, 0.4) is 0 Å². The quantitative estimate of drug-likeness (QED) is 0.915. The number of carbonyl (C=O) groups is 2. The second-order valence-electron chi connectivity index (χ2n) is 6.59. The second-order valence-corrected chi connectivity index (χ2v) is 7.54. The number of ketones is 1. The first-order valence-corrected chi connectivity index (χ1v) is 7.54. The molecule has 0 saturated carbocycles. The molecule has 0 amide bonds. The van der Waals surface area contributed by atoms with E-state index < -0.39 is 10.8 Å². The summed E-state index contributed by atoms with van der Waals surface area (Å²) < 4.78 is 0. The highest BCUT2D eigenvalue weighted by Gasteiger charge is 2.36. The third kappa shape index (κ3) is 4.37. The Balaban J connectivity index is 2.72. The summed E-state index contributed by atoms with van der Waals surface area (Å²) in [6.45, 7) is 9.39. The molecule has 1 aromatic carbocycles. The normalized spacial score (nSPS) is 12.2. The van der Waals surface area contributed by atoms with Crippen molar-refractivity contribution < 1.29 is 14.7 Å². The van der Waals surface area contributed by atoms with Gasteiger partial charge in [0.1, 0.15) is 11.5 Å². The lowest BCUT2D eigenvalue weighted by Gasteiger charge is -2.30. The van der Waals surface area contributed by atoms with Crippen LogP contribution in [-0.4, -0.2) is 21.8 Å². The van der Waals surface area contributed by atoms with Crippen LogP contribution in [0.2, 0.25) is 0 Å². The molecule has 0 fully saturated rings. The second kappa shape index (κ2) is 6.00. The molecule has 0 spiro atoms. The monoisotopic (exact) mass is 294 g/mol. The van der Waals surface area contributed by atoms with E-state index in [9.17, 15) is 14.7 Å². The summed E-state index contributed by atoms with van der Waals surface area (Å²) in [5.74, 6) is 0.639. The minimum absolute atomic E-state index is 0.0708. The summed E-state index contributed by atoms with van der Waals surface area (Å²) in [4.78, 5) is 24.4. The number of thioether (sulfide) groups is 1. The molecule has 4 heteroatoms. The third-order valence-electron chi connectivity index (χ3n) is 2.94. The summed E-state index contributed by atoms with van der Waals surface area (Å²) >= 11 is 1.12. The van der Waals surface area contributed by atoms with E-state index in [0.717, 1.165) is 11.8 Å². The topological polar surface area (TPSA) is 54.4 Å². The molecule has 0 unspecified atom stereocenters. The molecular formula is C16H22O3S. The van der Waals surface area contributed by atoms with Crippen molar-refractivity contribution in [1.82, 2.24) is 0 Å². The van der Waals surface area contributed by atoms with Gasteiger partial charge in [0, 0.05) is 22.1 Å². The molecule has 110 valence electrons. The Kier molecular flexibility index (Phi) is 5.03. The van der Waals surface area contributed by atoms with Gasteiger partial charge in [-0.2, -0.15) is 0 Å². The highest BCUT2D eigenvalue weighted by Crippen LogP contribution is 2.33. The molecule has 0 aromatic heterocycles. The first-order chi connectivity index (χ1) is 9.04. The zero-order valence-corrected chi connectivity index (χ0v) is 13.5. The first-order valence-electron chi connectivity index (χ1n) is 6.55. The van der Waals surface area contributed by atoms with Gasteiger partial charge in [-0.05, 0) is 12.1 Å². The molecule has 1 N–H and O–H groups in total. The maximum atomic E-state index is 12.3. The van der Waals surface area contributed by atoms with Crippen LogP contribution in [-0.2, 0) is 4.79 Å². The van der Waals surface area contributed by atoms with Crippen molar-refractivity contribution in [2.75, 3.05) is 5.75 Å². The lowest BCUT2D eigenvalue weighted by atomic mass is 9.76. The van der Waals surface area contributed by atoms with Crippen LogP contribution in [0.4, 0.5) is 0 Å². The standard InChI is InChI=1S/C16H22O3S/c1-15(2,3)14(19)16(4,5)10-20-13(18)11-7-6-8-12(17)9-11/h6-9,17H,10H2,1-5H3. The largest absolute Gasteiger partial charge is 0.508 e. The molecule has 0 radical (unpaired) electrons. The maximum absolute atomic E-state index is 12.3. The molecule has 0 aliphatic carbocycles. The highest BCUT2D eigenvalue weighted by atomic mass is 32.2. The molecule has 0 heterocycles. The number of hydrogen-bond donors (Lipinski definition) is 1. The van der Waals surface area contributed by atoms with Crippen LogP contribution < -0.4 is 0 Å². The maximum Gasteiger partial charge on any atom is 0.219 e. The van der Waals surface area contributed by atoms with E-state index >= 15 is 0 Å². The molecule has 3 nitrogen and oxygen atoms in total. The number of Topliss-reactive ketones (excluding diaryl/α,β-unsaturated/α-hetero) is 1. The number of hydrogen-bond acceptors (Lipinski definition) is 4. The summed E-state index contributed by atoms with van der Waals surface area (Å²) in [6.07, 6.45) is 0. The molecule has 1 aromatic rings. The van der Waals surface area contributed by atoms with Crippen molar-refractivity contribution in [2.45, 2.75) is 34.6 Å². The lowest BCUT2D eigenvalue weighted by Crippen LogP contribution is -2.37. The van der Waals surface area contributed by atoms with Gasteiger partial charge in [-0.25, -0.2) is 0 Å². The van der Waals surface area contributed by atoms with Gasteiger partial charge in [0.05, 0.1) is 0 Å². The summed E-state index contributed by atoms with van der Waals surface area (Å²) in [6, 6.07) is 6.25. The molecule has 0 bridgehead atoms. The average molecular weight is 294 g/mol. The van der Waals surface area contributed by atoms with Crippen LogP contribution in [0.25, 0.3) is 0 Å². The summed E-state index contributed by atoms with van der Waals surface area (Å²) in [5.41, 5.74) is -0.526. The fourth-order valence-electron chi connectivity index (χ4n) is 2.04. The number of phenolic OH excluding ortho intramolecular Hbond substituents is 1. The fourth-order valence-corrected chi connectivity index (χ4v) is 2.96. The molecule has 20 heavy (non-hydrogen) atoms. The van der Waals surface area contributed by atoms with E-state index in [-0.39, 0.29) is 16.6 Å². The fraction of sp³-hybridized carbons (Fsp3) is 0.500. The van der Waals surface area contributed by atoms with Crippen molar-refractivity contribution in [2.24, 2.45) is 10.8 Å². The minimum Gasteiger partial charge on any atom is -0.508 e. The Morgan fingerprint density at radius 1 is 1.15 bits per heavy atom. The van der Waals surface area contributed by atoms with Gasteiger partial charge in [0.25, 0.3) is 0 Å². The van der Waals surface area contributed by atoms with E-state index in [1.807, 2.05) is 34.6 Å². The van der Waals surface area contributed by atoms with E-state index in [2.05, 4.69) is 0 Å². The van der Waals surface area contributed by atoms with Gasteiger partial charge in [0.2, 0.25) is 5.12 Å². The van der Waals surface area contributed by atoms with Crippen LogP contribution >= 0.6 is 11.8 Å². The smallest absolute Gasteiger partial charge is 0.219 e. The van der Waals surface area contributed by atoms with Gasteiger partial charge in [-0.3, -0.25) is 9.59 Å². The van der Waals surface area contributed by atoms with E-state index in [1.165, 1.54) is 12.1 Å².